The van der Waals surface area contributed by atoms with Gasteiger partial charge in [0.1, 0.15) is 5.56 Å². The zero-order chi connectivity index (χ0) is 9.84. The summed E-state index contributed by atoms with van der Waals surface area (Å²) >= 11 is 5.92. The number of hydrogen-bond donors (Lipinski definition) is 0. The van der Waals surface area contributed by atoms with Crippen molar-refractivity contribution < 1.29 is 4.74 Å². The molecule has 0 saturated carbocycles. The molecule has 0 aromatic carbocycles. The first kappa shape index (κ1) is 9.82. The third kappa shape index (κ3) is 1.90. The van der Waals surface area contributed by atoms with Crippen LogP contribution in [0.1, 0.15) is 18.5 Å². The average Bonchev–Trinajstić information content (AvgIpc) is 2.16. The average molecular weight is 197 g/mol. The Morgan fingerprint density at radius 2 is 2.38 bits per heavy atom. The molecular weight excluding hydrogens is 188 g/mol. The highest BCUT2D eigenvalue weighted by molar-refractivity contribution is 6.31. The van der Waals surface area contributed by atoms with E-state index in [0.29, 0.717) is 16.5 Å². The Hall–Kier alpha value is -1.27. The van der Waals surface area contributed by atoms with Crippen LogP contribution < -0.4 is 4.74 Å². The van der Waals surface area contributed by atoms with Gasteiger partial charge in [-0.2, -0.15) is 0 Å². The molecule has 0 aliphatic heterocycles. The van der Waals surface area contributed by atoms with E-state index in [0.717, 1.165) is 0 Å². The number of hydrogen-bond acceptors (Lipinski definition) is 2. The summed E-state index contributed by atoms with van der Waals surface area (Å²) in [7, 11) is 1.51. The molecule has 4 heteroatoms. The molecule has 0 fully saturated rings. The monoisotopic (exact) mass is 196 g/mol. The number of rotatable bonds is 2. The maximum atomic E-state index is 6.90. The van der Waals surface area contributed by atoms with Crippen molar-refractivity contribution in [1.82, 2.24) is 4.98 Å². The summed E-state index contributed by atoms with van der Waals surface area (Å²) in [6.07, 6.45) is 1.56. The van der Waals surface area contributed by atoms with E-state index < -0.39 is 0 Å². The van der Waals surface area contributed by atoms with Crippen LogP contribution in [0.25, 0.3) is 4.85 Å². The SMILES string of the molecule is [C-]#[N+]C(C)c1c(Cl)ccnc1OC. The summed E-state index contributed by atoms with van der Waals surface area (Å²) < 4.78 is 5.01. The molecule has 0 aliphatic carbocycles. The molecule has 1 rings (SSSR count). The Morgan fingerprint density at radius 1 is 1.69 bits per heavy atom. The van der Waals surface area contributed by atoms with Crippen molar-refractivity contribution in [2.24, 2.45) is 0 Å². The lowest BCUT2D eigenvalue weighted by Crippen LogP contribution is -1.97. The Kier molecular flexibility index (Phi) is 3.10. The lowest BCUT2D eigenvalue weighted by molar-refractivity contribution is 0.391. The van der Waals surface area contributed by atoms with Gasteiger partial charge < -0.3 is 9.58 Å². The zero-order valence-electron chi connectivity index (χ0n) is 7.41. The number of nitrogens with zero attached hydrogens (tertiary/aromatic N) is 2. The molecule has 13 heavy (non-hydrogen) atoms. The predicted octanol–water partition coefficient (Wildman–Crippen LogP) is 2.72. The molecule has 0 bridgehead atoms. The van der Waals surface area contributed by atoms with Gasteiger partial charge in [-0.3, -0.25) is 0 Å². The van der Waals surface area contributed by atoms with Gasteiger partial charge in [-0.15, -0.1) is 0 Å². The first-order chi connectivity index (χ1) is 6.20. The highest BCUT2D eigenvalue weighted by Crippen LogP contribution is 2.31. The number of methoxy groups -OCH3 is 1. The molecule has 0 spiro atoms. The fourth-order valence-corrected chi connectivity index (χ4v) is 1.33. The minimum atomic E-state index is -0.323. The quantitative estimate of drug-likeness (QED) is 0.680. The molecule has 1 aromatic heterocycles. The fourth-order valence-electron chi connectivity index (χ4n) is 1.04. The highest BCUT2D eigenvalue weighted by Gasteiger charge is 2.19. The van der Waals surface area contributed by atoms with E-state index in [1.165, 1.54) is 7.11 Å². The molecule has 0 saturated heterocycles. The highest BCUT2D eigenvalue weighted by atomic mass is 35.5. The second kappa shape index (κ2) is 4.11. The van der Waals surface area contributed by atoms with E-state index in [1.54, 1.807) is 19.2 Å². The normalized spacial score (nSPS) is 11.8. The molecule has 0 amide bonds. The van der Waals surface area contributed by atoms with Crippen LogP contribution >= 0.6 is 11.6 Å². The summed E-state index contributed by atoms with van der Waals surface area (Å²) in [6, 6.07) is 1.33. The molecular formula is C9H9ClN2O. The van der Waals surface area contributed by atoms with Crippen LogP contribution in [-0.4, -0.2) is 12.1 Å². The third-order valence-corrected chi connectivity index (χ3v) is 2.03. The molecule has 3 nitrogen and oxygen atoms in total. The summed E-state index contributed by atoms with van der Waals surface area (Å²) in [6.45, 7) is 8.66. The van der Waals surface area contributed by atoms with Gasteiger partial charge >= 0.3 is 0 Å². The van der Waals surface area contributed by atoms with E-state index in [1.807, 2.05) is 0 Å². The van der Waals surface area contributed by atoms with Crippen molar-refractivity contribution in [3.63, 3.8) is 0 Å². The van der Waals surface area contributed by atoms with Crippen LogP contribution in [-0.2, 0) is 0 Å². The van der Waals surface area contributed by atoms with Crippen LogP contribution in [0.4, 0.5) is 0 Å². The molecule has 0 radical (unpaired) electrons. The predicted molar refractivity (Wildman–Crippen MR) is 50.8 cm³/mol. The lowest BCUT2D eigenvalue weighted by atomic mass is 10.1. The second-order valence-corrected chi connectivity index (χ2v) is 2.93. The van der Waals surface area contributed by atoms with Gasteiger partial charge in [0, 0.05) is 13.1 Å². The Balaban J connectivity index is 3.24. The van der Waals surface area contributed by atoms with Crippen molar-refractivity contribution in [3.05, 3.63) is 34.3 Å². The number of pyridine rings is 1. The lowest BCUT2D eigenvalue weighted by Gasteiger charge is -2.07. The fraction of sp³-hybridized carbons (Fsp3) is 0.333. The molecule has 1 aromatic rings. The van der Waals surface area contributed by atoms with Crippen LogP contribution in [0.15, 0.2) is 12.3 Å². The Morgan fingerprint density at radius 3 is 2.92 bits per heavy atom. The van der Waals surface area contributed by atoms with E-state index in [2.05, 4.69) is 9.83 Å². The number of halogens is 1. The first-order valence-electron chi connectivity index (χ1n) is 3.75. The first-order valence-corrected chi connectivity index (χ1v) is 4.13. The maximum Gasteiger partial charge on any atom is 0.252 e. The third-order valence-electron chi connectivity index (χ3n) is 1.71. The molecule has 0 N–H and O–H groups in total. The zero-order valence-corrected chi connectivity index (χ0v) is 8.17. The summed E-state index contributed by atoms with van der Waals surface area (Å²) in [4.78, 5) is 7.35. The topological polar surface area (TPSA) is 26.5 Å². The summed E-state index contributed by atoms with van der Waals surface area (Å²) in [5.41, 5.74) is 0.654. The van der Waals surface area contributed by atoms with Gasteiger partial charge in [0.2, 0.25) is 5.88 Å². The number of aromatic nitrogens is 1. The molecule has 1 heterocycles. The second-order valence-electron chi connectivity index (χ2n) is 2.52. The van der Waals surface area contributed by atoms with Crippen LogP contribution in [0.3, 0.4) is 0 Å². The van der Waals surface area contributed by atoms with E-state index in [9.17, 15) is 0 Å². The van der Waals surface area contributed by atoms with Crippen LogP contribution in [0, 0.1) is 6.57 Å². The maximum absolute atomic E-state index is 6.90. The number of ether oxygens (including phenoxy) is 1. The molecule has 0 aliphatic rings. The van der Waals surface area contributed by atoms with Gasteiger partial charge in [-0.05, 0) is 6.07 Å². The van der Waals surface area contributed by atoms with E-state index >= 15 is 0 Å². The van der Waals surface area contributed by atoms with Gasteiger partial charge in [0.15, 0.2) is 0 Å². The smallest absolute Gasteiger partial charge is 0.252 e. The van der Waals surface area contributed by atoms with E-state index in [4.69, 9.17) is 22.9 Å². The largest absolute Gasteiger partial charge is 0.481 e. The van der Waals surface area contributed by atoms with Gasteiger partial charge in [0.25, 0.3) is 6.04 Å². The van der Waals surface area contributed by atoms with Crippen molar-refractivity contribution >= 4 is 11.6 Å². The van der Waals surface area contributed by atoms with Crippen LogP contribution in [0.2, 0.25) is 5.02 Å². The van der Waals surface area contributed by atoms with Crippen molar-refractivity contribution in [1.29, 1.82) is 0 Å². The molecule has 1 unspecified atom stereocenters. The van der Waals surface area contributed by atoms with Crippen molar-refractivity contribution in [2.75, 3.05) is 7.11 Å². The van der Waals surface area contributed by atoms with Gasteiger partial charge in [-0.25, -0.2) is 11.6 Å². The van der Waals surface area contributed by atoms with Crippen molar-refractivity contribution in [3.8, 4) is 5.88 Å². The summed E-state index contributed by atoms with van der Waals surface area (Å²) in [5.74, 6) is 0.427. The van der Waals surface area contributed by atoms with Crippen molar-refractivity contribution in [2.45, 2.75) is 13.0 Å². The summed E-state index contributed by atoms with van der Waals surface area (Å²) in [5, 5.41) is 0.523. The van der Waals surface area contributed by atoms with Gasteiger partial charge in [-0.1, -0.05) is 11.6 Å². The molecule has 68 valence electrons. The van der Waals surface area contributed by atoms with Gasteiger partial charge in [0.05, 0.1) is 12.1 Å². The standard InChI is InChI=1S/C9H9ClN2O/c1-6(11-2)8-7(10)4-5-12-9(8)13-3/h4-6H,1,3H3. The molecule has 1 atom stereocenters. The Bertz CT molecular complexity index is 346. The minimum absolute atomic E-state index is 0.323. The van der Waals surface area contributed by atoms with Crippen LogP contribution in [0.5, 0.6) is 5.88 Å². The Labute approximate surface area is 82.1 Å². The minimum Gasteiger partial charge on any atom is -0.481 e. The van der Waals surface area contributed by atoms with E-state index in [-0.39, 0.29) is 6.04 Å².